The second kappa shape index (κ2) is 13.9. The van der Waals surface area contributed by atoms with Crippen LogP contribution in [-0.4, -0.2) is 0 Å². The average Bonchev–Trinajstić information content (AvgIpc) is 3.02. The molecule has 0 aliphatic heterocycles. The van der Waals surface area contributed by atoms with Crippen molar-refractivity contribution >= 4 is 0 Å². The summed E-state index contributed by atoms with van der Waals surface area (Å²) in [6, 6.07) is 29.6. The van der Waals surface area contributed by atoms with E-state index in [0.717, 1.165) is 49.7 Å². The van der Waals surface area contributed by atoms with E-state index in [1.165, 1.54) is 42.0 Å². The van der Waals surface area contributed by atoms with Gasteiger partial charge in [0.2, 0.25) is 0 Å². The Morgan fingerprint density at radius 2 is 1.05 bits per heavy atom. The molecule has 0 spiro atoms. The van der Waals surface area contributed by atoms with Crippen molar-refractivity contribution in [2.75, 3.05) is 0 Å². The SMILES string of the molecule is CCCCCc1ccc(C(F)(F)Oc2ccc(-c3ccc(-c4ccc(-c5ccc(CCC)cc5)c(F)c4)c(F)c3)cc2)cc1. The molecule has 5 heteroatoms. The van der Waals surface area contributed by atoms with E-state index in [0.29, 0.717) is 22.3 Å². The van der Waals surface area contributed by atoms with E-state index >= 15 is 8.78 Å². The normalized spacial score (nSPS) is 11.5. The molecular weight excluding hydrogens is 560 g/mol. The molecule has 1 nitrogen and oxygen atoms in total. The van der Waals surface area contributed by atoms with Crippen LogP contribution in [0, 0.1) is 11.6 Å². The molecule has 0 fully saturated rings. The fraction of sp³-hybridized carbons (Fsp3) is 0.231. The minimum atomic E-state index is -3.50. The van der Waals surface area contributed by atoms with E-state index in [-0.39, 0.29) is 16.9 Å². The monoisotopic (exact) mass is 596 g/mol. The number of unbranched alkanes of at least 4 members (excludes halogenated alkanes) is 2. The van der Waals surface area contributed by atoms with Crippen LogP contribution in [0.4, 0.5) is 17.6 Å². The summed E-state index contributed by atoms with van der Waals surface area (Å²) in [7, 11) is 0. The van der Waals surface area contributed by atoms with Crippen LogP contribution >= 0.6 is 0 Å². The van der Waals surface area contributed by atoms with E-state index in [1.54, 1.807) is 48.5 Å². The second-order valence-electron chi connectivity index (χ2n) is 11.1. The van der Waals surface area contributed by atoms with E-state index in [9.17, 15) is 8.78 Å². The van der Waals surface area contributed by atoms with E-state index < -0.39 is 17.7 Å². The molecule has 44 heavy (non-hydrogen) atoms. The Kier molecular flexibility index (Phi) is 9.84. The molecule has 226 valence electrons. The minimum absolute atomic E-state index is 0.00145. The number of hydrogen-bond acceptors (Lipinski definition) is 1. The van der Waals surface area contributed by atoms with Crippen LogP contribution in [0.1, 0.15) is 56.2 Å². The quantitative estimate of drug-likeness (QED) is 0.103. The van der Waals surface area contributed by atoms with Crippen molar-refractivity contribution in [3.8, 4) is 39.1 Å². The molecule has 0 amide bonds. The van der Waals surface area contributed by atoms with Gasteiger partial charge < -0.3 is 4.74 Å². The average molecular weight is 597 g/mol. The fourth-order valence-corrected chi connectivity index (χ4v) is 5.35. The predicted octanol–water partition coefficient (Wildman–Crippen LogP) is 11.8. The van der Waals surface area contributed by atoms with E-state index in [1.807, 2.05) is 24.3 Å². The van der Waals surface area contributed by atoms with Gasteiger partial charge in [0.1, 0.15) is 17.4 Å². The van der Waals surface area contributed by atoms with Gasteiger partial charge in [-0.25, -0.2) is 8.78 Å². The highest BCUT2D eigenvalue weighted by atomic mass is 19.3. The second-order valence-corrected chi connectivity index (χ2v) is 11.1. The van der Waals surface area contributed by atoms with Crippen molar-refractivity contribution < 1.29 is 22.3 Å². The minimum Gasteiger partial charge on any atom is -0.429 e. The van der Waals surface area contributed by atoms with Gasteiger partial charge in [0.15, 0.2) is 0 Å². The molecular formula is C39H36F4O. The van der Waals surface area contributed by atoms with E-state index in [2.05, 4.69) is 13.8 Å². The van der Waals surface area contributed by atoms with Crippen molar-refractivity contribution in [1.82, 2.24) is 0 Å². The van der Waals surface area contributed by atoms with Gasteiger partial charge in [-0.3, -0.25) is 0 Å². The number of alkyl halides is 2. The maximum absolute atomic E-state index is 15.3. The molecule has 0 aliphatic rings. The van der Waals surface area contributed by atoms with Crippen molar-refractivity contribution in [1.29, 1.82) is 0 Å². The summed E-state index contributed by atoms with van der Waals surface area (Å²) in [5, 5.41) is 0. The summed E-state index contributed by atoms with van der Waals surface area (Å²) in [5.41, 5.74) is 5.14. The molecule has 0 unspecified atom stereocenters. The Hall–Kier alpha value is -4.38. The van der Waals surface area contributed by atoms with Crippen molar-refractivity contribution in [3.05, 3.63) is 138 Å². The highest BCUT2D eigenvalue weighted by molar-refractivity contribution is 5.74. The van der Waals surface area contributed by atoms with Crippen LogP contribution in [-0.2, 0) is 19.0 Å². The molecule has 5 aromatic carbocycles. The zero-order valence-corrected chi connectivity index (χ0v) is 25.1. The first-order valence-corrected chi connectivity index (χ1v) is 15.2. The highest BCUT2D eigenvalue weighted by Gasteiger charge is 2.34. The van der Waals surface area contributed by atoms with Gasteiger partial charge in [0.25, 0.3) is 0 Å². The number of hydrogen-bond donors (Lipinski definition) is 0. The first-order valence-electron chi connectivity index (χ1n) is 15.2. The summed E-state index contributed by atoms with van der Waals surface area (Å²) in [6.45, 7) is 4.24. The molecule has 0 aliphatic carbocycles. The van der Waals surface area contributed by atoms with Gasteiger partial charge in [-0.05, 0) is 89.0 Å². The molecule has 0 N–H and O–H groups in total. The van der Waals surface area contributed by atoms with Gasteiger partial charge in [-0.2, -0.15) is 8.78 Å². The molecule has 0 aromatic heterocycles. The molecule has 0 saturated heterocycles. The van der Waals surface area contributed by atoms with Crippen LogP contribution in [0.3, 0.4) is 0 Å². The maximum Gasteiger partial charge on any atom is 0.426 e. The van der Waals surface area contributed by atoms with Crippen LogP contribution in [0.15, 0.2) is 109 Å². The maximum atomic E-state index is 15.3. The Labute approximate surface area is 257 Å². The molecule has 0 bridgehead atoms. The summed E-state index contributed by atoms with van der Waals surface area (Å²) in [5.74, 6) is -0.938. The lowest BCUT2D eigenvalue weighted by atomic mass is 9.96. The van der Waals surface area contributed by atoms with Crippen LogP contribution in [0.5, 0.6) is 5.75 Å². The Bertz CT molecular complexity index is 1670. The van der Waals surface area contributed by atoms with Crippen molar-refractivity contribution in [2.45, 2.75) is 58.5 Å². The third-order valence-electron chi connectivity index (χ3n) is 7.85. The van der Waals surface area contributed by atoms with Gasteiger partial charge in [-0.1, -0.05) is 106 Å². The lowest BCUT2D eigenvalue weighted by Gasteiger charge is -2.19. The molecule has 0 radical (unpaired) electrons. The number of ether oxygens (including phenoxy) is 1. The summed E-state index contributed by atoms with van der Waals surface area (Å²) in [6.07, 6.45) is 2.62. The summed E-state index contributed by atoms with van der Waals surface area (Å²) in [4.78, 5) is 0. The molecule has 5 aromatic rings. The number of halogens is 4. The topological polar surface area (TPSA) is 9.23 Å². The van der Waals surface area contributed by atoms with E-state index in [4.69, 9.17) is 4.74 Å². The first-order chi connectivity index (χ1) is 21.3. The number of aryl methyl sites for hydroxylation is 2. The van der Waals surface area contributed by atoms with Crippen LogP contribution in [0.25, 0.3) is 33.4 Å². The van der Waals surface area contributed by atoms with Crippen LogP contribution < -0.4 is 4.74 Å². The number of rotatable bonds is 12. The lowest BCUT2D eigenvalue weighted by molar-refractivity contribution is -0.185. The Morgan fingerprint density at radius 3 is 1.66 bits per heavy atom. The van der Waals surface area contributed by atoms with Crippen molar-refractivity contribution in [3.63, 3.8) is 0 Å². The third-order valence-corrected chi connectivity index (χ3v) is 7.85. The predicted molar refractivity (Wildman–Crippen MR) is 171 cm³/mol. The molecule has 0 heterocycles. The third kappa shape index (κ3) is 7.39. The Balaban J connectivity index is 1.27. The van der Waals surface area contributed by atoms with Gasteiger partial charge in [-0.15, -0.1) is 0 Å². The smallest absolute Gasteiger partial charge is 0.426 e. The van der Waals surface area contributed by atoms with Crippen LogP contribution in [0.2, 0.25) is 0 Å². The Morgan fingerprint density at radius 1 is 0.523 bits per heavy atom. The molecule has 0 saturated carbocycles. The molecule has 0 atom stereocenters. The zero-order valence-electron chi connectivity index (χ0n) is 25.1. The number of benzene rings is 5. The largest absolute Gasteiger partial charge is 0.429 e. The van der Waals surface area contributed by atoms with Gasteiger partial charge >= 0.3 is 6.11 Å². The summed E-state index contributed by atoms with van der Waals surface area (Å²) >= 11 is 0. The van der Waals surface area contributed by atoms with Gasteiger partial charge in [0.05, 0.1) is 5.56 Å². The lowest BCUT2D eigenvalue weighted by Crippen LogP contribution is -2.21. The zero-order chi connectivity index (χ0) is 31.1. The standard InChI is InChI=1S/C39H36F4O/c1-3-5-6-8-28-11-19-33(20-12-28)39(42,43)44-34-21-15-29(16-22-34)31-17-23-36(37(40)25-31)32-18-24-35(38(41)26-32)30-13-9-27(7-4-2)10-14-30/h9-26H,3-8H2,1-2H3. The fourth-order valence-electron chi connectivity index (χ4n) is 5.35. The highest BCUT2D eigenvalue weighted by Crippen LogP contribution is 2.35. The van der Waals surface area contributed by atoms with Crippen molar-refractivity contribution in [2.24, 2.45) is 0 Å². The van der Waals surface area contributed by atoms with Gasteiger partial charge in [0, 0.05) is 11.1 Å². The first kappa shape index (κ1) is 31.1. The molecule has 5 rings (SSSR count). The summed E-state index contributed by atoms with van der Waals surface area (Å²) < 4.78 is 65.1.